The summed E-state index contributed by atoms with van der Waals surface area (Å²) < 4.78 is 0. The maximum atomic E-state index is 6.51. The molecule has 0 unspecified atom stereocenters. The van der Waals surface area contributed by atoms with Crippen LogP contribution < -0.4 is 11.1 Å². The number of nitrogens with zero attached hydrogens (tertiary/aromatic N) is 3. The van der Waals surface area contributed by atoms with Crippen molar-refractivity contribution in [2.24, 2.45) is 0 Å². The highest BCUT2D eigenvalue weighted by atomic mass is 16.1. The SMILES string of the molecule is N=[N+]1[N-]NN[N-]1. The summed E-state index contributed by atoms with van der Waals surface area (Å²) in [5.41, 5.74) is 17.4. The summed E-state index contributed by atoms with van der Waals surface area (Å²) in [4.78, 5) is 0.639. The van der Waals surface area contributed by atoms with Gasteiger partial charge in [0.2, 0.25) is 0 Å². The lowest BCUT2D eigenvalue weighted by molar-refractivity contribution is -0.514. The van der Waals surface area contributed by atoms with Gasteiger partial charge in [0.05, 0.1) is 0 Å². The Balaban J connectivity index is 2.37. The van der Waals surface area contributed by atoms with Gasteiger partial charge in [-0.3, -0.25) is 0 Å². The van der Waals surface area contributed by atoms with Crippen LogP contribution in [0.4, 0.5) is 0 Å². The predicted octanol–water partition coefficient (Wildman–Crippen LogP) is -0.455. The van der Waals surface area contributed by atoms with Gasteiger partial charge in [-0.1, -0.05) is 0 Å². The highest BCUT2D eigenvalue weighted by Crippen LogP contribution is 1.92. The first kappa shape index (κ1) is 3.32. The maximum absolute atomic E-state index is 6.51. The molecule has 1 fully saturated rings. The van der Waals surface area contributed by atoms with Gasteiger partial charge in [0, 0.05) is 0 Å². The van der Waals surface area contributed by atoms with E-state index in [4.69, 9.17) is 5.53 Å². The topological polar surface area (TPSA) is 79.1 Å². The third kappa shape index (κ3) is 0.374. The van der Waals surface area contributed by atoms with Crippen molar-refractivity contribution >= 4 is 0 Å². The summed E-state index contributed by atoms with van der Waals surface area (Å²) in [6, 6.07) is 0. The molecule has 0 bridgehead atoms. The molecule has 1 rings (SSSR count). The minimum Gasteiger partial charge on any atom is -0.300 e. The third-order valence-corrected chi connectivity index (χ3v) is 0.339. The van der Waals surface area contributed by atoms with E-state index in [1.165, 1.54) is 0 Å². The molecule has 6 heteroatoms. The predicted molar refractivity (Wildman–Crippen MR) is 16.0 cm³/mol. The molecule has 0 aromatic rings. The second-order valence-electron chi connectivity index (χ2n) is 0.713. The van der Waals surface area contributed by atoms with Crippen LogP contribution in [0.25, 0.3) is 11.1 Å². The number of hydrogen-bond donors (Lipinski definition) is 3. The number of nitrogens with one attached hydrogen (secondary N) is 3. The minimum atomic E-state index is 0.639. The molecule has 6 heavy (non-hydrogen) atoms. The average molecular weight is 87.1 g/mol. The molecule has 6 nitrogen and oxygen atoms in total. The molecule has 1 saturated heterocycles. The van der Waals surface area contributed by atoms with E-state index in [0.717, 1.165) is 0 Å². The molecule has 34 valence electrons. The molecular formula is H3N6-. The van der Waals surface area contributed by atoms with E-state index in [1.807, 2.05) is 0 Å². The zero-order chi connectivity index (χ0) is 4.41. The third-order valence-electron chi connectivity index (χ3n) is 0.339. The Labute approximate surface area is 33.9 Å². The van der Waals surface area contributed by atoms with Crippen LogP contribution in [-0.2, 0) is 0 Å². The van der Waals surface area contributed by atoms with Crippen molar-refractivity contribution in [3.8, 4) is 0 Å². The zero-order valence-electron chi connectivity index (χ0n) is 2.84. The van der Waals surface area contributed by atoms with Crippen LogP contribution in [0, 0.1) is 5.53 Å². The lowest BCUT2D eigenvalue weighted by atomic mass is 12.3. The fourth-order valence-electron chi connectivity index (χ4n) is 0.162. The van der Waals surface area contributed by atoms with Crippen molar-refractivity contribution in [1.82, 2.24) is 11.1 Å². The molecule has 1 aliphatic rings. The van der Waals surface area contributed by atoms with Gasteiger partial charge in [0.25, 0.3) is 0 Å². The molecule has 0 aromatic heterocycles. The van der Waals surface area contributed by atoms with Gasteiger partial charge in [-0.15, -0.1) is 0 Å². The molecule has 0 amide bonds. The number of rotatable bonds is 0. The fraction of sp³-hybridized carbons (Fsp3) is 0. The Morgan fingerprint density at radius 3 is 2.00 bits per heavy atom. The van der Waals surface area contributed by atoms with Crippen LogP contribution >= 0.6 is 0 Å². The zero-order valence-corrected chi connectivity index (χ0v) is 2.84. The van der Waals surface area contributed by atoms with Crippen molar-refractivity contribution < 1.29 is 4.92 Å². The van der Waals surface area contributed by atoms with E-state index < -0.39 is 0 Å². The van der Waals surface area contributed by atoms with Crippen LogP contribution in [0.2, 0.25) is 0 Å². The first-order valence-electron chi connectivity index (χ1n) is 1.32. The molecule has 0 aromatic carbocycles. The fourth-order valence-corrected chi connectivity index (χ4v) is 0.162. The van der Waals surface area contributed by atoms with Crippen LogP contribution in [-0.4, -0.2) is 4.92 Å². The summed E-state index contributed by atoms with van der Waals surface area (Å²) in [7, 11) is 0. The van der Waals surface area contributed by atoms with Gasteiger partial charge in [-0.05, 0) is 0 Å². The second-order valence-corrected chi connectivity index (χ2v) is 0.713. The summed E-state index contributed by atoms with van der Waals surface area (Å²) in [5, 5.41) is 0. The maximum Gasteiger partial charge on any atom is -0.182 e. The van der Waals surface area contributed by atoms with Crippen LogP contribution in [0.15, 0.2) is 0 Å². The van der Waals surface area contributed by atoms with E-state index >= 15 is 0 Å². The monoisotopic (exact) mass is 87.0 g/mol. The van der Waals surface area contributed by atoms with Gasteiger partial charge in [-0.25, -0.2) is 22.1 Å². The summed E-state index contributed by atoms with van der Waals surface area (Å²) in [5.74, 6) is 0. The van der Waals surface area contributed by atoms with Gasteiger partial charge >= 0.3 is 0 Å². The average Bonchev–Trinajstić information content (AvgIpc) is 1.86. The van der Waals surface area contributed by atoms with E-state index in [1.54, 1.807) is 0 Å². The quantitative estimate of drug-likeness (QED) is 0.350. The first-order valence-corrected chi connectivity index (χ1v) is 1.32. The smallest absolute Gasteiger partial charge is 0.182 e. The highest BCUT2D eigenvalue weighted by molar-refractivity contribution is 4.57. The summed E-state index contributed by atoms with van der Waals surface area (Å²) in [6.45, 7) is 0. The van der Waals surface area contributed by atoms with E-state index in [-0.39, 0.29) is 0 Å². The number of hydrogen-bond acceptors (Lipinski definition) is 3. The molecular weight excluding hydrogens is 84.0 g/mol. The highest BCUT2D eigenvalue weighted by Gasteiger charge is 1.85. The molecule has 1 heterocycles. The molecule has 0 radical (unpaired) electrons. The molecule has 3 N–H and O–H groups in total. The van der Waals surface area contributed by atoms with E-state index in [2.05, 4.69) is 22.1 Å². The first-order chi connectivity index (χ1) is 2.89. The van der Waals surface area contributed by atoms with E-state index in [9.17, 15) is 0 Å². The summed E-state index contributed by atoms with van der Waals surface area (Å²) >= 11 is 0. The molecule has 0 atom stereocenters. The molecule has 0 spiro atoms. The van der Waals surface area contributed by atoms with Gasteiger partial charge in [0.15, 0.2) is 0 Å². The Morgan fingerprint density at radius 2 is 1.83 bits per heavy atom. The number of hydrazine groups is 1. The van der Waals surface area contributed by atoms with Crippen LogP contribution in [0.3, 0.4) is 0 Å². The molecule has 0 saturated carbocycles. The van der Waals surface area contributed by atoms with Gasteiger partial charge in [-0.2, -0.15) is 4.92 Å². The Bertz CT molecular complexity index is 54.4. The van der Waals surface area contributed by atoms with Crippen LogP contribution in [0.1, 0.15) is 0 Å². The Hall–Kier alpha value is -0.880. The van der Waals surface area contributed by atoms with E-state index in [0.29, 0.717) is 4.92 Å². The second kappa shape index (κ2) is 1.07. The Morgan fingerprint density at radius 1 is 1.33 bits per heavy atom. The standard InChI is InChI=1S/H3N6/c1-6-4-2-3-5-6/h(H3-2,1,2,3,4,5)/q-1. The van der Waals surface area contributed by atoms with Crippen molar-refractivity contribution in [2.45, 2.75) is 0 Å². The molecule has 0 aliphatic carbocycles. The van der Waals surface area contributed by atoms with Gasteiger partial charge < -0.3 is 5.53 Å². The van der Waals surface area contributed by atoms with Crippen molar-refractivity contribution in [3.05, 3.63) is 11.1 Å². The van der Waals surface area contributed by atoms with Crippen molar-refractivity contribution in [3.63, 3.8) is 0 Å². The van der Waals surface area contributed by atoms with Crippen molar-refractivity contribution in [1.29, 1.82) is 5.53 Å². The lowest BCUT2D eigenvalue weighted by Gasteiger charge is -1.94. The minimum absolute atomic E-state index is 0.639. The lowest BCUT2D eigenvalue weighted by Crippen LogP contribution is -2.12. The van der Waals surface area contributed by atoms with Crippen molar-refractivity contribution in [2.75, 3.05) is 0 Å². The summed E-state index contributed by atoms with van der Waals surface area (Å²) in [6.07, 6.45) is 0. The normalized spacial score (nSPS) is 19.7. The Kier molecular flexibility index (Phi) is 0.592. The van der Waals surface area contributed by atoms with Crippen LogP contribution in [0.5, 0.6) is 0 Å². The molecule has 1 aliphatic heterocycles. The largest absolute Gasteiger partial charge is 0.300 e. The van der Waals surface area contributed by atoms with Gasteiger partial charge in [0.1, 0.15) is 0 Å².